The van der Waals surface area contributed by atoms with E-state index >= 15 is 0 Å². The highest BCUT2D eigenvalue weighted by Gasteiger charge is 2.06. The van der Waals surface area contributed by atoms with Crippen molar-refractivity contribution < 1.29 is 13.5 Å². The zero-order valence-electron chi connectivity index (χ0n) is 8.86. The molecule has 0 fully saturated rings. The first-order valence-electron chi connectivity index (χ1n) is 4.73. The molecule has 0 unspecified atom stereocenters. The standard InChI is InChI=1S/C10H13NO3S2/c1-2-16(13,14)11-8-10-6-5-9(15-10)4-3-7-12/h5-6,11-12H,2,7-8H2,1H3. The summed E-state index contributed by atoms with van der Waals surface area (Å²) in [5.41, 5.74) is 0. The van der Waals surface area contributed by atoms with E-state index in [2.05, 4.69) is 16.6 Å². The SMILES string of the molecule is CCS(=O)(=O)NCc1ccc(C#CCO)s1. The van der Waals surface area contributed by atoms with E-state index in [0.717, 1.165) is 9.75 Å². The van der Waals surface area contributed by atoms with Crippen molar-refractivity contribution in [2.75, 3.05) is 12.4 Å². The van der Waals surface area contributed by atoms with Crippen LogP contribution in [0.5, 0.6) is 0 Å². The molecule has 0 radical (unpaired) electrons. The number of sulfonamides is 1. The topological polar surface area (TPSA) is 66.4 Å². The van der Waals surface area contributed by atoms with Crippen LogP contribution in [-0.4, -0.2) is 25.9 Å². The summed E-state index contributed by atoms with van der Waals surface area (Å²) in [6.45, 7) is 1.71. The van der Waals surface area contributed by atoms with Crippen molar-refractivity contribution in [2.24, 2.45) is 0 Å². The third kappa shape index (κ3) is 4.33. The van der Waals surface area contributed by atoms with Crippen LogP contribution in [0.4, 0.5) is 0 Å². The van der Waals surface area contributed by atoms with Crippen LogP contribution < -0.4 is 4.72 Å². The molecule has 1 aromatic heterocycles. The highest BCUT2D eigenvalue weighted by Crippen LogP contribution is 2.15. The zero-order chi connectivity index (χ0) is 12.0. The summed E-state index contributed by atoms with van der Waals surface area (Å²) in [7, 11) is -3.14. The summed E-state index contributed by atoms with van der Waals surface area (Å²) in [5.74, 6) is 5.38. The van der Waals surface area contributed by atoms with E-state index in [0.29, 0.717) is 6.54 Å². The molecule has 88 valence electrons. The number of hydrogen-bond donors (Lipinski definition) is 2. The zero-order valence-corrected chi connectivity index (χ0v) is 10.5. The van der Waals surface area contributed by atoms with E-state index < -0.39 is 10.0 Å². The molecule has 6 heteroatoms. The minimum atomic E-state index is -3.14. The van der Waals surface area contributed by atoms with E-state index in [4.69, 9.17) is 5.11 Å². The predicted molar refractivity (Wildman–Crippen MR) is 64.6 cm³/mol. The Balaban J connectivity index is 2.60. The first kappa shape index (κ1) is 13.2. The molecule has 0 spiro atoms. The van der Waals surface area contributed by atoms with Gasteiger partial charge in [0.2, 0.25) is 10.0 Å². The number of thiophene rings is 1. The number of rotatable bonds is 4. The van der Waals surface area contributed by atoms with Crippen molar-refractivity contribution in [3.8, 4) is 11.8 Å². The van der Waals surface area contributed by atoms with Crippen molar-refractivity contribution >= 4 is 21.4 Å². The van der Waals surface area contributed by atoms with Crippen LogP contribution in [0.1, 0.15) is 16.7 Å². The van der Waals surface area contributed by atoms with Gasteiger partial charge in [-0.15, -0.1) is 11.3 Å². The Bertz CT molecular complexity index is 494. The second-order valence-electron chi connectivity index (χ2n) is 2.95. The molecule has 0 aliphatic heterocycles. The van der Waals surface area contributed by atoms with E-state index in [-0.39, 0.29) is 12.4 Å². The lowest BCUT2D eigenvalue weighted by Crippen LogP contribution is -2.24. The highest BCUT2D eigenvalue weighted by molar-refractivity contribution is 7.89. The minimum absolute atomic E-state index is 0.0789. The number of nitrogens with one attached hydrogen (secondary N) is 1. The van der Waals surface area contributed by atoms with Crippen LogP contribution in [-0.2, 0) is 16.6 Å². The second kappa shape index (κ2) is 6.01. The van der Waals surface area contributed by atoms with Gasteiger partial charge in [-0.2, -0.15) is 0 Å². The predicted octanol–water partition coefficient (Wildman–Crippen LogP) is 0.531. The van der Waals surface area contributed by atoms with Crippen LogP contribution in [0.15, 0.2) is 12.1 Å². The van der Waals surface area contributed by atoms with Gasteiger partial charge in [-0.1, -0.05) is 11.8 Å². The van der Waals surface area contributed by atoms with Crippen molar-refractivity contribution in [1.82, 2.24) is 4.72 Å². The second-order valence-corrected chi connectivity index (χ2v) is 6.21. The van der Waals surface area contributed by atoms with Crippen molar-refractivity contribution in [1.29, 1.82) is 0 Å². The Morgan fingerprint density at radius 3 is 2.88 bits per heavy atom. The number of aliphatic hydroxyl groups is 1. The summed E-state index contributed by atoms with van der Waals surface area (Å²) in [6, 6.07) is 3.63. The van der Waals surface area contributed by atoms with Crippen LogP contribution in [0, 0.1) is 11.8 Å². The van der Waals surface area contributed by atoms with E-state index in [1.165, 1.54) is 11.3 Å². The van der Waals surface area contributed by atoms with Gasteiger partial charge in [0.15, 0.2) is 0 Å². The molecule has 1 aromatic rings. The van der Waals surface area contributed by atoms with Crippen LogP contribution in [0.2, 0.25) is 0 Å². The molecule has 0 saturated carbocycles. The number of hydrogen-bond acceptors (Lipinski definition) is 4. The molecular formula is C10H13NO3S2. The molecule has 2 N–H and O–H groups in total. The van der Waals surface area contributed by atoms with Crippen LogP contribution in [0.25, 0.3) is 0 Å². The van der Waals surface area contributed by atoms with Crippen molar-refractivity contribution in [3.05, 3.63) is 21.9 Å². The fourth-order valence-corrected chi connectivity index (χ4v) is 2.44. The van der Waals surface area contributed by atoms with Gasteiger partial charge < -0.3 is 5.11 Å². The molecule has 0 atom stereocenters. The molecule has 0 aliphatic rings. The Kier molecular flexibility index (Phi) is 4.96. The van der Waals surface area contributed by atoms with Crippen molar-refractivity contribution in [3.63, 3.8) is 0 Å². The van der Waals surface area contributed by atoms with Crippen LogP contribution in [0.3, 0.4) is 0 Å². The van der Waals surface area contributed by atoms with Crippen molar-refractivity contribution in [2.45, 2.75) is 13.5 Å². The van der Waals surface area contributed by atoms with Gasteiger partial charge in [-0.25, -0.2) is 13.1 Å². The Hall–Kier alpha value is -0.870. The van der Waals surface area contributed by atoms with Gasteiger partial charge in [0.1, 0.15) is 6.61 Å². The van der Waals surface area contributed by atoms with Crippen LogP contribution >= 0.6 is 11.3 Å². The maximum Gasteiger partial charge on any atom is 0.211 e. The smallest absolute Gasteiger partial charge is 0.211 e. The lowest BCUT2D eigenvalue weighted by atomic mass is 10.4. The normalized spacial score (nSPS) is 10.9. The molecule has 0 aliphatic carbocycles. The summed E-state index contributed by atoms with van der Waals surface area (Å²) in [6.07, 6.45) is 0. The quantitative estimate of drug-likeness (QED) is 0.775. The molecule has 0 saturated heterocycles. The monoisotopic (exact) mass is 259 g/mol. The average molecular weight is 259 g/mol. The van der Waals surface area contributed by atoms with E-state index in [1.54, 1.807) is 6.92 Å². The van der Waals surface area contributed by atoms with Gasteiger partial charge in [-0.05, 0) is 19.1 Å². The maximum absolute atomic E-state index is 11.2. The molecule has 16 heavy (non-hydrogen) atoms. The highest BCUT2D eigenvalue weighted by atomic mass is 32.2. The lowest BCUT2D eigenvalue weighted by Gasteiger charge is -2.01. The Labute approximate surface area is 99.4 Å². The maximum atomic E-state index is 11.2. The fourth-order valence-electron chi connectivity index (χ4n) is 0.950. The van der Waals surface area contributed by atoms with Gasteiger partial charge in [0.25, 0.3) is 0 Å². The minimum Gasteiger partial charge on any atom is -0.384 e. The summed E-state index contributed by atoms with van der Waals surface area (Å²) in [4.78, 5) is 1.72. The van der Waals surface area contributed by atoms with E-state index in [1.807, 2.05) is 12.1 Å². The first-order chi connectivity index (χ1) is 7.57. The van der Waals surface area contributed by atoms with Gasteiger partial charge in [-0.3, -0.25) is 0 Å². The van der Waals surface area contributed by atoms with Gasteiger partial charge in [0.05, 0.1) is 10.6 Å². The summed E-state index contributed by atoms with van der Waals surface area (Å²) < 4.78 is 24.8. The Morgan fingerprint density at radius 1 is 1.50 bits per heavy atom. The third-order valence-corrected chi connectivity index (χ3v) is 4.14. The van der Waals surface area contributed by atoms with Gasteiger partial charge in [0, 0.05) is 11.4 Å². The molecule has 1 rings (SSSR count). The van der Waals surface area contributed by atoms with Gasteiger partial charge >= 0.3 is 0 Å². The Morgan fingerprint density at radius 2 is 2.25 bits per heavy atom. The average Bonchev–Trinajstić information content (AvgIpc) is 2.72. The summed E-state index contributed by atoms with van der Waals surface area (Å²) >= 11 is 1.41. The van der Waals surface area contributed by atoms with E-state index in [9.17, 15) is 8.42 Å². The third-order valence-electron chi connectivity index (χ3n) is 1.80. The molecule has 0 aromatic carbocycles. The first-order valence-corrected chi connectivity index (χ1v) is 7.20. The number of aliphatic hydroxyl groups excluding tert-OH is 1. The largest absolute Gasteiger partial charge is 0.384 e. The summed E-state index contributed by atoms with van der Waals surface area (Å²) in [5, 5.41) is 8.52. The molecule has 0 amide bonds. The fraction of sp³-hybridized carbons (Fsp3) is 0.400. The lowest BCUT2D eigenvalue weighted by molar-refractivity contribution is 0.350. The molecular weight excluding hydrogens is 246 g/mol. The molecule has 1 heterocycles. The molecule has 4 nitrogen and oxygen atoms in total. The molecule has 0 bridgehead atoms.